The summed E-state index contributed by atoms with van der Waals surface area (Å²) in [6.45, 7) is -0.151. The Morgan fingerprint density at radius 2 is 1.81 bits per heavy atom. The summed E-state index contributed by atoms with van der Waals surface area (Å²) >= 11 is 6.01. The van der Waals surface area contributed by atoms with Crippen LogP contribution >= 0.6 is 11.6 Å². The maximum Gasteiger partial charge on any atom is 0.274 e. The lowest BCUT2D eigenvalue weighted by molar-refractivity contribution is 0.0921. The summed E-state index contributed by atoms with van der Waals surface area (Å²) in [6, 6.07) is 18.7. The zero-order valence-electron chi connectivity index (χ0n) is 13.7. The van der Waals surface area contributed by atoms with Crippen molar-refractivity contribution in [3.8, 4) is 5.75 Å². The van der Waals surface area contributed by atoms with E-state index in [0.717, 1.165) is 0 Å². The van der Waals surface area contributed by atoms with Crippen molar-refractivity contribution in [1.29, 1.82) is 0 Å². The van der Waals surface area contributed by atoms with Crippen LogP contribution in [0.25, 0.3) is 0 Å². The SMILES string of the molecule is O=C(Nc1cccc(OCC(=O)c2ccccc2Cl)c1)c1ccccn1. The number of amides is 1. The number of halogens is 1. The van der Waals surface area contributed by atoms with Crippen molar-refractivity contribution in [3.63, 3.8) is 0 Å². The van der Waals surface area contributed by atoms with Crippen LogP contribution in [0.3, 0.4) is 0 Å². The lowest BCUT2D eigenvalue weighted by Gasteiger charge is -2.09. The standard InChI is InChI=1S/C20H15ClN2O3/c21-17-9-2-1-8-16(17)19(24)13-26-15-7-5-6-14(12-15)23-20(25)18-10-3-4-11-22-18/h1-12H,13H2,(H,23,25). The number of rotatable bonds is 6. The summed E-state index contributed by atoms with van der Waals surface area (Å²) in [7, 11) is 0. The van der Waals surface area contributed by atoms with Crippen molar-refractivity contribution in [2.75, 3.05) is 11.9 Å². The van der Waals surface area contributed by atoms with Crippen LogP contribution in [-0.4, -0.2) is 23.3 Å². The van der Waals surface area contributed by atoms with Crippen LogP contribution in [-0.2, 0) is 0 Å². The summed E-state index contributed by atoms with van der Waals surface area (Å²) in [5, 5.41) is 3.13. The first-order valence-corrected chi connectivity index (χ1v) is 8.24. The second-order valence-corrected chi connectivity index (χ2v) is 5.80. The first-order valence-electron chi connectivity index (χ1n) is 7.86. The van der Waals surface area contributed by atoms with Crippen LogP contribution < -0.4 is 10.1 Å². The molecule has 1 aromatic heterocycles. The summed E-state index contributed by atoms with van der Waals surface area (Å²) in [5.74, 6) is -0.0855. The van der Waals surface area contributed by atoms with Gasteiger partial charge in [0.05, 0.1) is 5.02 Å². The Hall–Kier alpha value is -3.18. The number of aromatic nitrogens is 1. The number of anilines is 1. The number of benzene rings is 2. The maximum atomic E-state index is 12.2. The van der Waals surface area contributed by atoms with Gasteiger partial charge in [0.1, 0.15) is 11.4 Å². The quantitative estimate of drug-likeness (QED) is 0.662. The molecule has 0 fully saturated rings. The zero-order valence-corrected chi connectivity index (χ0v) is 14.4. The predicted molar refractivity (Wildman–Crippen MR) is 99.9 cm³/mol. The first kappa shape index (κ1) is 17.6. The number of pyridine rings is 1. The third-order valence-corrected chi connectivity index (χ3v) is 3.86. The molecule has 0 saturated heterocycles. The number of ketones is 1. The minimum atomic E-state index is -0.324. The van der Waals surface area contributed by atoms with Crippen molar-refractivity contribution in [2.24, 2.45) is 0 Å². The van der Waals surface area contributed by atoms with Gasteiger partial charge in [-0.25, -0.2) is 0 Å². The number of nitrogens with one attached hydrogen (secondary N) is 1. The number of carbonyl (C=O) groups is 2. The fraction of sp³-hybridized carbons (Fsp3) is 0.0500. The smallest absolute Gasteiger partial charge is 0.274 e. The molecule has 1 amide bonds. The Kier molecular flexibility index (Phi) is 5.61. The van der Waals surface area contributed by atoms with Gasteiger partial charge >= 0.3 is 0 Å². The molecule has 0 spiro atoms. The molecule has 0 saturated carbocycles. The van der Waals surface area contributed by atoms with Crippen LogP contribution in [0, 0.1) is 0 Å². The van der Waals surface area contributed by atoms with E-state index in [1.165, 1.54) is 0 Å². The number of hydrogen-bond acceptors (Lipinski definition) is 4. The summed E-state index contributed by atoms with van der Waals surface area (Å²) < 4.78 is 5.53. The van der Waals surface area contributed by atoms with Crippen molar-refractivity contribution in [2.45, 2.75) is 0 Å². The van der Waals surface area contributed by atoms with E-state index >= 15 is 0 Å². The number of nitrogens with zero attached hydrogens (tertiary/aromatic N) is 1. The molecular weight excluding hydrogens is 352 g/mol. The van der Waals surface area contributed by atoms with E-state index in [2.05, 4.69) is 10.3 Å². The van der Waals surface area contributed by atoms with E-state index in [1.54, 1.807) is 72.9 Å². The van der Waals surface area contributed by atoms with Crippen molar-refractivity contribution in [1.82, 2.24) is 4.98 Å². The van der Waals surface area contributed by atoms with Gasteiger partial charge in [0, 0.05) is 23.5 Å². The molecule has 6 heteroatoms. The maximum absolute atomic E-state index is 12.2. The fourth-order valence-electron chi connectivity index (χ4n) is 2.27. The number of carbonyl (C=O) groups excluding carboxylic acids is 2. The van der Waals surface area contributed by atoms with E-state index in [-0.39, 0.29) is 18.3 Å². The number of Topliss-reactive ketones (excluding diaryl/α,β-unsaturated/α-hetero) is 1. The van der Waals surface area contributed by atoms with Crippen LogP contribution in [0.4, 0.5) is 5.69 Å². The Morgan fingerprint density at radius 1 is 1.00 bits per heavy atom. The van der Waals surface area contributed by atoms with E-state index in [4.69, 9.17) is 16.3 Å². The first-order chi connectivity index (χ1) is 12.6. The van der Waals surface area contributed by atoms with Gasteiger partial charge in [-0.05, 0) is 36.4 Å². The molecule has 0 atom stereocenters. The van der Waals surface area contributed by atoms with Gasteiger partial charge in [0.25, 0.3) is 5.91 Å². The lowest BCUT2D eigenvalue weighted by atomic mass is 10.1. The van der Waals surface area contributed by atoms with E-state index in [1.807, 2.05) is 0 Å². The average Bonchev–Trinajstić information content (AvgIpc) is 2.67. The molecule has 0 bridgehead atoms. The minimum Gasteiger partial charge on any atom is -0.485 e. The molecular formula is C20H15ClN2O3. The highest BCUT2D eigenvalue weighted by Crippen LogP contribution is 2.20. The highest BCUT2D eigenvalue weighted by atomic mass is 35.5. The van der Waals surface area contributed by atoms with Crippen LogP contribution in [0.1, 0.15) is 20.8 Å². The Morgan fingerprint density at radius 3 is 2.58 bits per heavy atom. The largest absolute Gasteiger partial charge is 0.485 e. The van der Waals surface area contributed by atoms with E-state index in [9.17, 15) is 9.59 Å². The molecule has 0 aliphatic carbocycles. The van der Waals surface area contributed by atoms with Crippen molar-refractivity contribution in [3.05, 3.63) is 89.2 Å². The second-order valence-electron chi connectivity index (χ2n) is 5.39. The third-order valence-electron chi connectivity index (χ3n) is 3.53. The van der Waals surface area contributed by atoms with E-state index < -0.39 is 0 Å². The van der Waals surface area contributed by atoms with Gasteiger partial charge in [-0.15, -0.1) is 0 Å². The van der Waals surface area contributed by atoms with Gasteiger partial charge in [-0.1, -0.05) is 35.9 Å². The normalized spacial score (nSPS) is 10.2. The Labute approximate surface area is 155 Å². The molecule has 26 heavy (non-hydrogen) atoms. The van der Waals surface area contributed by atoms with Gasteiger partial charge in [0.2, 0.25) is 5.78 Å². The van der Waals surface area contributed by atoms with Crippen molar-refractivity contribution < 1.29 is 14.3 Å². The van der Waals surface area contributed by atoms with E-state index in [0.29, 0.717) is 27.7 Å². The molecule has 0 aliphatic rings. The van der Waals surface area contributed by atoms with Crippen LogP contribution in [0.15, 0.2) is 72.9 Å². The second kappa shape index (κ2) is 8.27. The monoisotopic (exact) mass is 366 g/mol. The molecule has 1 N–H and O–H groups in total. The fourth-order valence-corrected chi connectivity index (χ4v) is 2.51. The molecule has 0 unspecified atom stereocenters. The molecule has 2 aromatic carbocycles. The summed E-state index contributed by atoms with van der Waals surface area (Å²) in [5.41, 5.74) is 1.27. The van der Waals surface area contributed by atoms with Gasteiger partial charge < -0.3 is 10.1 Å². The highest BCUT2D eigenvalue weighted by Gasteiger charge is 2.11. The Bertz CT molecular complexity index is 929. The van der Waals surface area contributed by atoms with Gasteiger partial charge in [0.15, 0.2) is 6.61 Å². The lowest BCUT2D eigenvalue weighted by Crippen LogP contribution is -2.14. The Balaban J connectivity index is 1.63. The average molecular weight is 367 g/mol. The molecule has 5 nitrogen and oxygen atoms in total. The summed E-state index contributed by atoms with van der Waals surface area (Å²) in [6.07, 6.45) is 1.55. The number of ether oxygens (including phenoxy) is 1. The molecule has 3 aromatic rings. The number of hydrogen-bond donors (Lipinski definition) is 1. The molecule has 130 valence electrons. The van der Waals surface area contributed by atoms with Gasteiger partial charge in [-0.2, -0.15) is 0 Å². The predicted octanol–water partition coefficient (Wildman–Crippen LogP) is 4.25. The van der Waals surface area contributed by atoms with Gasteiger partial charge in [-0.3, -0.25) is 14.6 Å². The topological polar surface area (TPSA) is 68.3 Å². The molecule has 0 aliphatic heterocycles. The molecule has 1 heterocycles. The minimum absolute atomic E-state index is 0.151. The highest BCUT2D eigenvalue weighted by molar-refractivity contribution is 6.34. The molecule has 3 rings (SSSR count). The van der Waals surface area contributed by atoms with Crippen molar-refractivity contribution >= 4 is 29.0 Å². The molecule has 0 radical (unpaired) electrons. The summed E-state index contributed by atoms with van der Waals surface area (Å²) in [4.78, 5) is 28.3. The zero-order chi connectivity index (χ0) is 18.4. The third kappa shape index (κ3) is 4.46. The van der Waals surface area contributed by atoms with Crippen LogP contribution in [0.5, 0.6) is 5.75 Å². The van der Waals surface area contributed by atoms with Crippen LogP contribution in [0.2, 0.25) is 5.02 Å².